The number of esters is 1. The van der Waals surface area contributed by atoms with Crippen molar-refractivity contribution in [2.75, 3.05) is 10.7 Å². The summed E-state index contributed by atoms with van der Waals surface area (Å²) in [7, 11) is 0. The molecule has 2 aliphatic rings. The van der Waals surface area contributed by atoms with Crippen LogP contribution in [0.5, 0.6) is 0 Å². The average molecular weight is 407 g/mol. The molecule has 146 valence electrons. The molecule has 1 unspecified atom stereocenters. The summed E-state index contributed by atoms with van der Waals surface area (Å²) in [5.41, 5.74) is 0.178. The van der Waals surface area contributed by atoms with Crippen molar-refractivity contribution in [1.29, 1.82) is 0 Å². The maximum absolute atomic E-state index is 14.5. The number of nitrogens with zero attached hydrogens (tertiary/aromatic N) is 2. The molecule has 28 heavy (non-hydrogen) atoms. The Hall–Kier alpha value is -2.95. The summed E-state index contributed by atoms with van der Waals surface area (Å²) in [6.07, 6.45) is -0.628. The topological polar surface area (TPSA) is 119 Å². The molecule has 0 saturated carbocycles. The van der Waals surface area contributed by atoms with Gasteiger partial charge in [-0.25, -0.2) is 9.18 Å². The van der Waals surface area contributed by atoms with Crippen LogP contribution in [0.2, 0.25) is 0 Å². The Bertz CT molecular complexity index is 1000. The second-order valence-corrected chi connectivity index (χ2v) is 7.40. The van der Waals surface area contributed by atoms with Gasteiger partial charge < -0.3 is 9.26 Å². The molecular weight excluding hydrogens is 393 g/mol. The Balaban J connectivity index is 1.72. The molecule has 1 aromatic carbocycles. The van der Waals surface area contributed by atoms with Crippen molar-refractivity contribution >= 4 is 51.8 Å². The molecule has 0 spiro atoms. The highest BCUT2D eigenvalue weighted by Gasteiger charge is 2.38. The molecule has 2 saturated heterocycles. The zero-order chi connectivity index (χ0) is 20.0. The van der Waals surface area contributed by atoms with Gasteiger partial charge in [0.1, 0.15) is 5.92 Å². The highest BCUT2D eigenvalue weighted by Crippen LogP contribution is 2.37. The SMILES string of the molecule is CC[C@H]1CSC(=O)N1c1noc2c(F)cc(CC3C(=O)NC(=O)OC3=O)cc12. The van der Waals surface area contributed by atoms with E-state index in [-0.39, 0.29) is 34.5 Å². The quantitative estimate of drug-likeness (QED) is 0.606. The molecule has 2 fully saturated rings. The number of aromatic nitrogens is 1. The van der Waals surface area contributed by atoms with Crippen LogP contribution in [0.4, 0.5) is 19.8 Å². The van der Waals surface area contributed by atoms with E-state index in [4.69, 9.17) is 4.52 Å². The molecule has 2 aromatic rings. The first-order valence-corrected chi connectivity index (χ1v) is 9.48. The fourth-order valence-electron chi connectivity index (χ4n) is 3.25. The number of hydrogen-bond donors (Lipinski definition) is 1. The largest absolute Gasteiger partial charge is 0.421 e. The highest BCUT2D eigenvalue weighted by atomic mass is 32.2. The van der Waals surface area contributed by atoms with E-state index in [0.29, 0.717) is 17.7 Å². The molecule has 0 radical (unpaired) electrons. The van der Waals surface area contributed by atoms with Crippen LogP contribution in [0.25, 0.3) is 11.0 Å². The summed E-state index contributed by atoms with van der Waals surface area (Å²) in [5, 5.41) is 5.84. The maximum Gasteiger partial charge on any atom is 0.421 e. The number of carbonyl (C=O) groups excluding carboxylic acids is 4. The second kappa shape index (κ2) is 6.89. The van der Waals surface area contributed by atoms with E-state index in [1.165, 1.54) is 11.0 Å². The number of benzene rings is 1. The van der Waals surface area contributed by atoms with Gasteiger partial charge in [0.25, 0.3) is 5.24 Å². The Labute approximate surface area is 161 Å². The highest BCUT2D eigenvalue weighted by molar-refractivity contribution is 8.14. The van der Waals surface area contributed by atoms with Gasteiger partial charge in [0.2, 0.25) is 11.5 Å². The summed E-state index contributed by atoms with van der Waals surface area (Å²) in [5.74, 6) is -3.05. The van der Waals surface area contributed by atoms with Gasteiger partial charge in [0, 0.05) is 11.8 Å². The van der Waals surface area contributed by atoms with Crippen molar-refractivity contribution in [3.8, 4) is 0 Å². The Morgan fingerprint density at radius 2 is 2.11 bits per heavy atom. The first-order chi connectivity index (χ1) is 13.4. The third-order valence-electron chi connectivity index (χ3n) is 4.69. The van der Waals surface area contributed by atoms with Crippen LogP contribution < -0.4 is 10.2 Å². The van der Waals surface area contributed by atoms with Gasteiger partial charge in [-0.3, -0.25) is 24.6 Å². The van der Waals surface area contributed by atoms with Crippen molar-refractivity contribution < 1.29 is 32.8 Å². The summed E-state index contributed by atoms with van der Waals surface area (Å²) in [6, 6.07) is 2.54. The molecule has 1 aromatic heterocycles. The van der Waals surface area contributed by atoms with Gasteiger partial charge in [-0.05, 0) is 30.5 Å². The molecular formula is C17H14FN3O6S. The van der Waals surface area contributed by atoms with Crippen LogP contribution in [0.15, 0.2) is 16.7 Å². The van der Waals surface area contributed by atoms with Gasteiger partial charge in [-0.1, -0.05) is 23.8 Å². The van der Waals surface area contributed by atoms with Crippen molar-refractivity contribution in [2.45, 2.75) is 25.8 Å². The molecule has 11 heteroatoms. The molecule has 9 nitrogen and oxygen atoms in total. The van der Waals surface area contributed by atoms with Gasteiger partial charge >= 0.3 is 12.1 Å². The standard InChI is InChI=1S/C17H14FN3O6S/c1-2-8-6-28-17(25)21(8)13-9-3-7(5-11(18)12(9)27-20-13)4-10-14(22)19-16(24)26-15(10)23/h3,5,8,10H,2,4,6H2,1H3,(H,19,22,24)/t8-,10?/m0/s1. The number of nitrogens with one attached hydrogen (secondary N) is 1. The van der Waals surface area contributed by atoms with Crippen molar-refractivity contribution in [2.24, 2.45) is 5.92 Å². The number of halogens is 1. The number of ether oxygens (including phenoxy) is 1. The van der Waals surface area contributed by atoms with E-state index < -0.39 is 29.7 Å². The number of carbonyl (C=O) groups is 4. The van der Waals surface area contributed by atoms with Gasteiger partial charge in [0.05, 0.1) is 5.39 Å². The molecule has 2 atom stereocenters. The van der Waals surface area contributed by atoms with E-state index in [9.17, 15) is 23.6 Å². The number of cyclic esters (lactones) is 2. The number of anilines is 1. The first-order valence-electron chi connectivity index (χ1n) is 8.49. The molecule has 0 bridgehead atoms. The van der Waals surface area contributed by atoms with Gasteiger partial charge in [0.15, 0.2) is 11.6 Å². The lowest BCUT2D eigenvalue weighted by Crippen LogP contribution is -2.48. The number of rotatable bonds is 4. The summed E-state index contributed by atoms with van der Waals surface area (Å²) < 4.78 is 24.0. The second-order valence-electron chi connectivity index (χ2n) is 6.42. The van der Waals surface area contributed by atoms with Crippen LogP contribution in [0.3, 0.4) is 0 Å². The Morgan fingerprint density at radius 3 is 2.82 bits per heavy atom. The minimum Gasteiger partial charge on any atom is -0.375 e. The zero-order valence-corrected chi connectivity index (χ0v) is 15.4. The lowest BCUT2D eigenvalue weighted by molar-refractivity contribution is -0.150. The van der Waals surface area contributed by atoms with Crippen LogP contribution in [-0.2, 0) is 20.7 Å². The number of thioether (sulfide) groups is 1. The van der Waals surface area contributed by atoms with Crippen LogP contribution in [-0.4, -0.2) is 40.2 Å². The van der Waals surface area contributed by atoms with Crippen LogP contribution in [0.1, 0.15) is 18.9 Å². The number of imide groups is 1. The number of alkyl carbamates (subject to hydrolysis) is 1. The summed E-state index contributed by atoms with van der Waals surface area (Å²) in [4.78, 5) is 48.5. The third-order valence-corrected chi connectivity index (χ3v) is 5.68. The van der Waals surface area contributed by atoms with Crippen molar-refractivity contribution in [1.82, 2.24) is 10.5 Å². The van der Waals surface area contributed by atoms with Gasteiger partial charge in [-0.15, -0.1) is 0 Å². The normalized spacial score (nSPS) is 22.7. The zero-order valence-electron chi connectivity index (χ0n) is 14.6. The van der Waals surface area contributed by atoms with Crippen molar-refractivity contribution in [3.63, 3.8) is 0 Å². The van der Waals surface area contributed by atoms with Crippen LogP contribution in [0, 0.1) is 11.7 Å². The van der Waals surface area contributed by atoms with E-state index in [0.717, 1.165) is 17.8 Å². The first kappa shape index (κ1) is 18.4. The minimum absolute atomic E-state index is 0.0948. The summed E-state index contributed by atoms with van der Waals surface area (Å²) >= 11 is 1.15. The molecule has 0 aliphatic carbocycles. The smallest absolute Gasteiger partial charge is 0.375 e. The summed E-state index contributed by atoms with van der Waals surface area (Å²) in [6.45, 7) is 1.93. The molecule has 2 aliphatic heterocycles. The van der Waals surface area contributed by atoms with Gasteiger partial charge in [-0.2, -0.15) is 0 Å². The third kappa shape index (κ3) is 3.01. The number of hydrogen-bond acceptors (Lipinski definition) is 8. The predicted molar refractivity (Wildman–Crippen MR) is 95.2 cm³/mol. The molecule has 1 N–H and O–H groups in total. The van der Waals surface area contributed by atoms with E-state index >= 15 is 0 Å². The average Bonchev–Trinajstić information content (AvgIpc) is 3.21. The predicted octanol–water partition coefficient (Wildman–Crippen LogP) is 2.37. The lowest BCUT2D eigenvalue weighted by Gasteiger charge is -2.20. The van der Waals surface area contributed by atoms with E-state index in [1.54, 1.807) is 0 Å². The van der Waals surface area contributed by atoms with Crippen LogP contribution >= 0.6 is 11.8 Å². The molecule has 4 rings (SSSR count). The molecule has 3 heterocycles. The molecule has 3 amide bonds. The Morgan fingerprint density at radius 1 is 1.32 bits per heavy atom. The maximum atomic E-state index is 14.5. The van der Waals surface area contributed by atoms with Crippen molar-refractivity contribution in [3.05, 3.63) is 23.5 Å². The van der Waals surface area contributed by atoms with E-state index in [1.807, 2.05) is 12.2 Å². The lowest BCUT2D eigenvalue weighted by atomic mass is 9.96. The monoisotopic (exact) mass is 407 g/mol. The fourth-order valence-corrected chi connectivity index (χ4v) is 4.35. The fraction of sp³-hybridized carbons (Fsp3) is 0.353. The number of fused-ring (bicyclic) bond motifs is 1. The number of amides is 3. The van der Waals surface area contributed by atoms with E-state index in [2.05, 4.69) is 9.89 Å². The Kier molecular flexibility index (Phi) is 4.53. The minimum atomic E-state index is -1.29.